The molecule has 1 aromatic heterocycles. The Morgan fingerprint density at radius 1 is 1.14 bits per heavy atom. The molecule has 1 saturated carbocycles. The molecule has 3 fully saturated rings. The average Bonchev–Trinajstić information content (AvgIpc) is 3.33. The van der Waals surface area contributed by atoms with Gasteiger partial charge in [-0.3, -0.25) is 4.79 Å². The number of fused-ring (bicyclic) bond motifs is 1. The summed E-state index contributed by atoms with van der Waals surface area (Å²) in [4.78, 5) is 20.1. The van der Waals surface area contributed by atoms with Gasteiger partial charge in [-0.2, -0.15) is 0 Å². The Balaban J connectivity index is 1.28. The molecule has 2 saturated heterocycles. The highest BCUT2D eigenvalue weighted by Crippen LogP contribution is 2.32. The molecular formula is C22H35N5O2. The van der Waals surface area contributed by atoms with E-state index in [0.717, 1.165) is 50.9 Å². The maximum atomic E-state index is 12.8. The molecule has 1 aliphatic carbocycles. The number of rotatable bonds is 4. The van der Waals surface area contributed by atoms with Crippen molar-refractivity contribution in [3.63, 3.8) is 0 Å². The summed E-state index contributed by atoms with van der Waals surface area (Å²) in [6.45, 7) is 7.31. The van der Waals surface area contributed by atoms with E-state index in [0.29, 0.717) is 23.4 Å². The Morgan fingerprint density at radius 2 is 1.93 bits per heavy atom. The highest BCUT2D eigenvalue weighted by Gasteiger charge is 2.40. The average molecular weight is 402 g/mol. The highest BCUT2D eigenvalue weighted by atomic mass is 16.5. The van der Waals surface area contributed by atoms with Gasteiger partial charge in [0.05, 0.1) is 6.20 Å². The third kappa shape index (κ3) is 3.91. The summed E-state index contributed by atoms with van der Waals surface area (Å²) >= 11 is 0. The Labute approximate surface area is 173 Å². The van der Waals surface area contributed by atoms with Gasteiger partial charge in [-0.15, -0.1) is 0 Å². The monoisotopic (exact) mass is 401 g/mol. The van der Waals surface area contributed by atoms with Crippen LogP contribution in [0.15, 0.2) is 6.20 Å². The first-order chi connectivity index (χ1) is 14.2. The van der Waals surface area contributed by atoms with Crippen LogP contribution in [0.1, 0.15) is 74.1 Å². The number of nitrogens with one attached hydrogen (secondary N) is 2. The minimum absolute atomic E-state index is 0.00232. The molecule has 0 bridgehead atoms. The quantitative estimate of drug-likeness (QED) is 0.811. The van der Waals surface area contributed by atoms with Crippen molar-refractivity contribution in [1.82, 2.24) is 19.9 Å². The SMILES string of the molecule is CC1CN(CC2CCCCC2)CC1C1NC(=O)c2cnc(C3CCOCC3)n2N1. The van der Waals surface area contributed by atoms with Gasteiger partial charge in [0.2, 0.25) is 0 Å². The summed E-state index contributed by atoms with van der Waals surface area (Å²) in [6, 6.07) is 0. The van der Waals surface area contributed by atoms with E-state index in [1.807, 2.05) is 4.68 Å². The van der Waals surface area contributed by atoms with E-state index in [-0.39, 0.29) is 12.1 Å². The Bertz CT molecular complexity index is 723. The van der Waals surface area contributed by atoms with Crippen LogP contribution in [0.4, 0.5) is 0 Å². The fourth-order valence-electron chi connectivity index (χ4n) is 5.91. The number of amides is 1. The molecule has 2 N–H and O–H groups in total. The van der Waals surface area contributed by atoms with E-state index in [2.05, 4.69) is 27.6 Å². The lowest BCUT2D eigenvalue weighted by Crippen LogP contribution is -2.56. The van der Waals surface area contributed by atoms with Crippen molar-refractivity contribution in [3.05, 3.63) is 17.7 Å². The van der Waals surface area contributed by atoms with Crippen LogP contribution >= 0.6 is 0 Å². The molecule has 7 nitrogen and oxygen atoms in total. The van der Waals surface area contributed by atoms with Gasteiger partial charge in [0.25, 0.3) is 5.91 Å². The van der Waals surface area contributed by atoms with Gasteiger partial charge in [-0.1, -0.05) is 26.2 Å². The van der Waals surface area contributed by atoms with Crippen LogP contribution in [-0.2, 0) is 4.74 Å². The molecule has 0 radical (unpaired) electrons. The molecule has 0 spiro atoms. The van der Waals surface area contributed by atoms with Crippen molar-refractivity contribution < 1.29 is 9.53 Å². The molecule has 1 amide bonds. The number of aromatic nitrogens is 2. The zero-order valence-electron chi connectivity index (χ0n) is 17.6. The van der Waals surface area contributed by atoms with E-state index in [1.165, 1.54) is 38.6 Å². The Kier molecular flexibility index (Phi) is 5.52. The van der Waals surface area contributed by atoms with Crippen molar-refractivity contribution in [2.24, 2.45) is 17.8 Å². The molecule has 29 heavy (non-hydrogen) atoms. The maximum absolute atomic E-state index is 12.8. The third-order valence-corrected chi connectivity index (χ3v) is 7.58. The smallest absolute Gasteiger partial charge is 0.273 e. The van der Waals surface area contributed by atoms with Crippen molar-refractivity contribution >= 4 is 5.91 Å². The first-order valence-electron chi connectivity index (χ1n) is 11.6. The van der Waals surface area contributed by atoms with Gasteiger partial charge in [0.15, 0.2) is 0 Å². The lowest BCUT2D eigenvalue weighted by Gasteiger charge is -2.35. The van der Waals surface area contributed by atoms with Gasteiger partial charge in [0.1, 0.15) is 17.7 Å². The van der Waals surface area contributed by atoms with E-state index >= 15 is 0 Å². The van der Waals surface area contributed by atoms with Gasteiger partial charge in [-0.05, 0) is 37.5 Å². The number of ether oxygens (including phenoxy) is 1. The van der Waals surface area contributed by atoms with Gasteiger partial charge in [0, 0.05) is 44.7 Å². The molecule has 5 rings (SSSR count). The van der Waals surface area contributed by atoms with Crippen LogP contribution < -0.4 is 10.7 Å². The molecule has 3 aliphatic heterocycles. The Hall–Kier alpha value is -1.60. The molecule has 1 aromatic rings. The molecular weight excluding hydrogens is 366 g/mol. The third-order valence-electron chi connectivity index (χ3n) is 7.58. The van der Waals surface area contributed by atoms with Crippen LogP contribution in [0.2, 0.25) is 0 Å². The number of imidazole rings is 1. The van der Waals surface area contributed by atoms with E-state index < -0.39 is 0 Å². The van der Waals surface area contributed by atoms with Crippen molar-refractivity contribution in [1.29, 1.82) is 0 Å². The zero-order chi connectivity index (χ0) is 19.8. The standard InChI is InChI=1S/C22H35N5O2/c1-15-12-26(13-16-5-3-2-4-6-16)14-18(15)20-24-22(28)19-11-23-21(27(19)25-20)17-7-9-29-10-8-17/h11,15-18,20,25H,2-10,12-14H2,1H3,(H,24,28). The van der Waals surface area contributed by atoms with E-state index in [4.69, 9.17) is 4.74 Å². The lowest BCUT2D eigenvalue weighted by atomic mass is 9.89. The first kappa shape index (κ1) is 19.4. The number of carbonyl (C=O) groups is 1. The van der Waals surface area contributed by atoms with Crippen LogP contribution in [0.3, 0.4) is 0 Å². The van der Waals surface area contributed by atoms with Crippen LogP contribution in [0.25, 0.3) is 0 Å². The van der Waals surface area contributed by atoms with Gasteiger partial charge >= 0.3 is 0 Å². The molecule has 3 atom stereocenters. The van der Waals surface area contributed by atoms with Crippen molar-refractivity contribution in [2.75, 3.05) is 38.3 Å². The number of likely N-dealkylation sites (tertiary alicyclic amines) is 1. The van der Waals surface area contributed by atoms with Gasteiger partial charge in [-0.25, -0.2) is 9.66 Å². The second-order valence-electron chi connectivity index (χ2n) is 9.67. The molecule has 0 aromatic carbocycles. The predicted molar refractivity (Wildman–Crippen MR) is 111 cm³/mol. The minimum atomic E-state index is -0.0332. The summed E-state index contributed by atoms with van der Waals surface area (Å²) < 4.78 is 7.49. The fourth-order valence-corrected chi connectivity index (χ4v) is 5.91. The summed E-state index contributed by atoms with van der Waals surface area (Å²) in [5, 5.41) is 3.22. The number of nitrogens with zero attached hydrogens (tertiary/aromatic N) is 3. The fraction of sp³-hybridized carbons (Fsp3) is 0.818. The highest BCUT2D eigenvalue weighted by molar-refractivity contribution is 5.93. The second kappa shape index (κ2) is 8.26. The number of carbonyl (C=O) groups excluding carboxylic acids is 1. The second-order valence-corrected chi connectivity index (χ2v) is 9.67. The summed E-state index contributed by atoms with van der Waals surface area (Å²) in [6.07, 6.45) is 10.6. The topological polar surface area (TPSA) is 71.4 Å². The lowest BCUT2D eigenvalue weighted by molar-refractivity contribution is 0.0818. The predicted octanol–water partition coefficient (Wildman–Crippen LogP) is 2.54. The number of hydrogen-bond acceptors (Lipinski definition) is 5. The maximum Gasteiger partial charge on any atom is 0.273 e. The van der Waals surface area contributed by atoms with Crippen molar-refractivity contribution in [3.8, 4) is 0 Å². The van der Waals surface area contributed by atoms with Gasteiger partial charge < -0.3 is 20.4 Å². The normalized spacial score (nSPS) is 32.0. The molecule has 160 valence electrons. The summed E-state index contributed by atoms with van der Waals surface area (Å²) in [7, 11) is 0. The van der Waals surface area contributed by atoms with Crippen LogP contribution in [0, 0.1) is 17.8 Å². The largest absolute Gasteiger partial charge is 0.381 e. The van der Waals surface area contributed by atoms with E-state index in [1.54, 1.807) is 6.20 Å². The van der Waals surface area contributed by atoms with Crippen LogP contribution in [-0.4, -0.2) is 59.5 Å². The minimum Gasteiger partial charge on any atom is -0.381 e. The summed E-state index contributed by atoms with van der Waals surface area (Å²) in [5.74, 6) is 3.20. The molecule has 7 heteroatoms. The zero-order valence-corrected chi connectivity index (χ0v) is 17.6. The molecule has 4 aliphatic rings. The summed E-state index contributed by atoms with van der Waals surface area (Å²) in [5.41, 5.74) is 4.26. The first-order valence-corrected chi connectivity index (χ1v) is 11.6. The van der Waals surface area contributed by atoms with Crippen LogP contribution in [0.5, 0.6) is 0 Å². The van der Waals surface area contributed by atoms with E-state index in [9.17, 15) is 4.79 Å². The molecule has 3 unspecified atom stereocenters. The Morgan fingerprint density at radius 3 is 2.72 bits per heavy atom. The number of hydrogen-bond donors (Lipinski definition) is 2. The van der Waals surface area contributed by atoms with Crippen molar-refractivity contribution in [2.45, 2.75) is 64.0 Å². The molecule has 4 heterocycles.